The van der Waals surface area contributed by atoms with Crippen molar-refractivity contribution in [3.05, 3.63) is 0 Å². The summed E-state index contributed by atoms with van der Waals surface area (Å²) in [7, 11) is 0. The van der Waals surface area contributed by atoms with Crippen molar-refractivity contribution in [1.82, 2.24) is 0 Å². The van der Waals surface area contributed by atoms with Gasteiger partial charge in [-0.25, -0.2) is 0 Å². The lowest BCUT2D eigenvalue weighted by molar-refractivity contribution is 1.29. The molecule has 30 valence electrons. The highest BCUT2D eigenvalue weighted by Gasteiger charge is 1.87. The van der Waals surface area contributed by atoms with Gasteiger partial charge in [0.25, 0.3) is 0 Å². The summed E-state index contributed by atoms with van der Waals surface area (Å²) in [5.41, 5.74) is 0. The van der Waals surface area contributed by atoms with Crippen LogP contribution in [0.4, 0.5) is 0 Å². The fourth-order valence-electron chi connectivity index (χ4n) is 0.214. The maximum absolute atomic E-state index is 4.62. The maximum atomic E-state index is 4.62. The molecule has 1 aliphatic rings. The molecule has 0 radical (unpaired) electrons. The number of thiocarbonyl (C=S) groups is 1. The Kier molecular flexibility index (Phi) is 0.759. The van der Waals surface area contributed by atoms with Crippen molar-refractivity contribution in [1.29, 1.82) is 0 Å². The zero-order valence-corrected chi connectivity index (χ0v) is 3.77. The first-order valence-corrected chi connectivity index (χ1v) is 1.91. The highest BCUT2D eigenvalue weighted by atomic mass is 32.1. The van der Waals surface area contributed by atoms with Crippen LogP contribution < -0.4 is 0 Å². The molecule has 1 rings (SSSR count). The fraction of sp³-hybridized carbons (Fsp3) is 0. The van der Waals surface area contributed by atoms with E-state index in [1.165, 1.54) is 12.4 Å². The number of hydrogen-bond donors (Lipinski definition) is 0. The van der Waals surface area contributed by atoms with Crippen LogP contribution in [-0.4, -0.2) is 17.3 Å². The van der Waals surface area contributed by atoms with E-state index in [4.69, 9.17) is 0 Å². The molecule has 1 aliphatic heterocycles. The predicted octanol–water partition coefficient (Wildman–Crippen LogP) is 0.426. The van der Waals surface area contributed by atoms with Crippen LogP contribution in [0.15, 0.2) is 10.2 Å². The van der Waals surface area contributed by atoms with Crippen LogP contribution in [0, 0.1) is 0 Å². The van der Waals surface area contributed by atoms with E-state index >= 15 is 0 Å². The first-order chi connectivity index (χ1) is 2.89. The number of nitrogens with zero attached hydrogens (tertiary/aromatic N) is 2. The SMILES string of the molecule is S=C1C=NN=C1. The zero-order chi connectivity index (χ0) is 4.41. The van der Waals surface area contributed by atoms with Gasteiger partial charge in [-0.2, -0.15) is 10.2 Å². The van der Waals surface area contributed by atoms with Crippen molar-refractivity contribution in [2.45, 2.75) is 0 Å². The molecule has 0 atom stereocenters. The average Bonchev–Trinajstić information content (AvgIpc) is 1.86. The first-order valence-electron chi connectivity index (χ1n) is 1.50. The Morgan fingerprint density at radius 3 is 2.00 bits per heavy atom. The van der Waals surface area contributed by atoms with Crippen molar-refractivity contribution < 1.29 is 0 Å². The van der Waals surface area contributed by atoms with E-state index < -0.39 is 0 Å². The van der Waals surface area contributed by atoms with Gasteiger partial charge in [-0.3, -0.25) is 0 Å². The van der Waals surface area contributed by atoms with E-state index in [-0.39, 0.29) is 0 Å². The highest BCUT2D eigenvalue weighted by molar-refractivity contribution is 7.83. The lowest BCUT2D eigenvalue weighted by Gasteiger charge is -1.61. The summed E-state index contributed by atoms with van der Waals surface area (Å²) in [4.78, 5) is 0.704. The average molecular weight is 98.1 g/mol. The van der Waals surface area contributed by atoms with Gasteiger partial charge in [-0.1, -0.05) is 12.2 Å². The summed E-state index contributed by atoms with van der Waals surface area (Å²) < 4.78 is 0. The van der Waals surface area contributed by atoms with Crippen LogP contribution in [0.3, 0.4) is 0 Å². The van der Waals surface area contributed by atoms with Gasteiger partial charge in [0, 0.05) is 0 Å². The molecule has 2 nitrogen and oxygen atoms in total. The van der Waals surface area contributed by atoms with E-state index in [1.807, 2.05) is 0 Å². The summed E-state index contributed by atoms with van der Waals surface area (Å²) in [5, 5.41) is 6.94. The minimum atomic E-state index is 0.704. The summed E-state index contributed by atoms with van der Waals surface area (Å²) in [6.07, 6.45) is 3.07. The molecule has 0 saturated heterocycles. The van der Waals surface area contributed by atoms with Crippen LogP contribution in [0.2, 0.25) is 0 Å². The lowest BCUT2D eigenvalue weighted by atomic mass is 10.5. The second kappa shape index (κ2) is 1.26. The standard InChI is InChI=1S/C3H2N2S/c6-3-1-4-5-2-3/h1-2H. The Bertz CT molecular complexity index is 111. The largest absolute Gasteiger partial charge is 0.158 e. The van der Waals surface area contributed by atoms with E-state index in [1.54, 1.807) is 0 Å². The minimum Gasteiger partial charge on any atom is -0.158 e. The van der Waals surface area contributed by atoms with Crippen molar-refractivity contribution in [2.75, 3.05) is 0 Å². The molecular weight excluding hydrogens is 96.1 g/mol. The van der Waals surface area contributed by atoms with Gasteiger partial charge in [0.05, 0.1) is 17.3 Å². The molecule has 0 N–H and O–H groups in total. The van der Waals surface area contributed by atoms with Gasteiger partial charge in [0.15, 0.2) is 0 Å². The minimum absolute atomic E-state index is 0.704. The third-order valence-electron chi connectivity index (χ3n) is 0.437. The quantitative estimate of drug-likeness (QED) is 0.403. The molecule has 0 fully saturated rings. The van der Waals surface area contributed by atoms with Crippen molar-refractivity contribution in [3.63, 3.8) is 0 Å². The molecule has 0 saturated carbocycles. The first kappa shape index (κ1) is 3.61. The summed E-state index contributed by atoms with van der Waals surface area (Å²) in [6.45, 7) is 0. The van der Waals surface area contributed by atoms with E-state index in [9.17, 15) is 0 Å². The molecule has 1 heterocycles. The smallest absolute Gasteiger partial charge is 0.0780 e. The third kappa shape index (κ3) is 0.490. The Hall–Kier alpha value is -0.570. The molecule has 0 unspecified atom stereocenters. The summed E-state index contributed by atoms with van der Waals surface area (Å²) in [5.74, 6) is 0. The topological polar surface area (TPSA) is 24.7 Å². The van der Waals surface area contributed by atoms with E-state index in [2.05, 4.69) is 22.4 Å². The Balaban J connectivity index is 2.86. The molecule has 0 aromatic rings. The molecule has 0 aromatic carbocycles. The Morgan fingerprint density at radius 2 is 1.83 bits per heavy atom. The lowest BCUT2D eigenvalue weighted by Crippen LogP contribution is -1.87. The van der Waals surface area contributed by atoms with Crippen LogP contribution in [-0.2, 0) is 0 Å². The summed E-state index contributed by atoms with van der Waals surface area (Å²) in [6, 6.07) is 0. The second-order valence-electron chi connectivity index (χ2n) is 0.892. The van der Waals surface area contributed by atoms with Crippen molar-refractivity contribution in [3.8, 4) is 0 Å². The van der Waals surface area contributed by atoms with Gasteiger partial charge in [0.2, 0.25) is 0 Å². The highest BCUT2D eigenvalue weighted by Crippen LogP contribution is 1.79. The van der Waals surface area contributed by atoms with Crippen molar-refractivity contribution >= 4 is 29.5 Å². The number of hydrogen-bond acceptors (Lipinski definition) is 3. The van der Waals surface area contributed by atoms with Crippen LogP contribution in [0.5, 0.6) is 0 Å². The Morgan fingerprint density at radius 1 is 1.33 bits per heavy atom. The molecule has 0 aliphatic carbocycles. The zero-order valence-electron chi connectivity index (χ0n) is 2.96. The molecule has 0 bridgehead atoms. The molecule has 3 heteroatoms. The molecule has 0 aromatic heterocycles. The summed E-state index contributed by atoms with van der Waals surface area (Å²) >= 11 is 4.62. The maximum Gasteiger partial charge on any atom is 0.0780 e. The van der Waals surface area contributed by atoms with Crippen molar-refractivity contribution in [2.24, 2.45) is 10.2 Å². The van der Waals surface area contributed by atoms with Gasteiger partial charge < -0.3 is 0 Å². The van der Waals surface area contributed by atoms with E-state index in [0.717, 1.165) is 0 Å². The van der Waals surface area contributed by atoms with Gasteiger partial charge in [-0.05, 0) is 0 Å². The molecular formula is C3H2N2S. The van der Waals surface area contributed by atoms with Gasteiger partial charge in [-0.15, -0.1) is 0 Å². The molecule has 0 spiro atoms. The Labute approximate surface area is 40.6 Å². The van der Waals surface area contributed by atoms with E-state index in [0.29, 0.717) is 4.86 Å². The fourth-order valence-corrected chi connectivity index (χ4v) is 0.308. The van der Waals surface area contributed by atoms with Crippen LogP contribution in [0.1, 0.15) is 0 Å². The van der Waals surface area contributed by atoms with Crippen LogP contribution >= 0.6 is 12.2 Å². The number of rotatable bonds is 0. The van der Waals surface area contributed by atoms with Gasteiger partial charge >= 0.3 is 0 Å². The molecule has 6 heavy (non-hydrogen) atoms. The monoisotopic (exact) mass is 98.0 g/mol. The molecule has 0 amide bonds. The van der Waals surface area contributed by atoms with Crippen LogP contribution in [0.25, 0.3) is 0 Å². The van der Waals surface area contributed by atoms with Gasteiger partial charge in [0.1, 0.15) is 0 Å². The normalized spacial score (nSPS) is 17.0. The second-order valence-corrected chi connectivity index (χ2v) is 1.36. The predicted molar refractivity (Wildman–Crippen MR) is 29.6 cm³/mol. The third-order valence-corrected chi connectivity index (χ3v) is 0.647.